The molecule has 5 nitrogen and oxygen atoms in total. The molecular weight excluding hydrogens is 302 g/mol. The summed E-state index contributed by atoms with van der Waals surface area (Å²) in [6.45, 7) is 4.79. The highest BCUT2D eigenvalue weighted by Gasteiger charge is 2.31. The van der Waals surface area contributed by atoms with Gasteiger partial charge in [-0.1, -0.05) is 6.07 Å². The minimum atomic E-state index is -1.20. The molecule has 2 aromatic rings. The summed E-state index contributed by atoms with van der Waals surface area (Å²) in [6.07, 6.45) is 1.61. The fourth-order valence-corrected chi connectivity index (χ4v) is 2.97. The standard InChI is InChI=1S/C16H19NO4S/c1-11(18)21-16(2,3)15(19)17-10-12(13-6-4-8-20-13)14-7-5-9-22-14/h4-9,12H,10H2,1-3H3,(H,17,19)/t12-/m1/s1. The van der Waals surface area contributed by atoms with Crippen molar-refractivity contribution in [2.75, 3.05) is 6.54 Å². The summed E-state index contributed by atoms with van der Waals surface area (Å²) in [7, 11) is 0. The Kier molecular flexibility index (Phi) is 5.03. The molecule has 1 N–H and O–H groups in total. The van der Waals surface area contributed by atoms with Crippen LogP contribution in [0.15, 0.2) is 40.3 Å². The Morgan fingerprint density at radius 2 is 2.14 bits per heavy atom. The van der Waals surface area contributed by atoms with Gasteiger partial charge >= 0.3 is 5.97 Å². The molecule has 22 heavy (non-hydrogen) atoms. The average Bonchev–Trinajstić information content (AvgIpc) is 3.10. The molecule has 0 saturated carbocycles. The SMILES string of the molecule is CC(=O)OC(C)(C)C(=O)NC[C@H](c1ccco1)c1cccs1. The van der Waals surface area contributed by atoms with E-state index in [0.29, 0.717) is 6.54 Å². The largest absolute Gasteiger partial charge is 0.469 e. The second-order valence-electron chi connectivity index (χ2n) is 5.40. The quantitative estimate of drug-likeness (QED) is 0.831. The predicted molar refractivity (Wildman–Crippen MR) is 83.7 cm³/mol. The van der Waals surface area contributed by atoms with Gasteiger partial charge in [0, 0.05) is 18.3 Å². The van der Waals surface area contributed by atoms with Crippen molar-refractivity contribution >= 4 is 23.2 Å². The maximum atomic E-state index is 12.2. The van der Waals surface area contributed by atoms with Crippen molar-refractivity contribution in [3.63, 3.8) is 0 Å². The normalized spacial score (nSPS) is 12.7. The first-order valence-electron chi connectivity index (χ1n) is 6.95. The Balaban J connectivity index is 2.06. The molecule has 2 aromatic heterocycles. The first-order valence-corrected chi connectivity index (χ1v) is 7.83. The van der Waals surface area contributed by atoms with Crippen LogP contribution in [-0.2, 0) is 14.3 Å². The van der Waals surface area contributed by atoms with Gasteiger partial charge in [-0.2, -0.15) is 0 Å². The Bertz CT molecular complexity index is 582. The van der Waals surface area contributed by atoms with Gasteiger partial charge in [-0.25, -0.2) is 0 Å². The number of hydrogen-bond acceptors (Lipinski definition) is 5. The Labute approximate surface area is 133 Å². The fraction of sp³-hybridized carbons (Fsp3) is 0.375. The van der Waals surface area contributed by atoms with Gasteiger partial charge in [0.05, 0.1) is 12.2 Å². The van der Waals surface area contributed by atoms with Crippen LogP contribution in [0.5, 0.6) is 0 Å². The lowest BCUT2D eigenvalue weighted by Crippen LogP contribution is -2.46. The number of amides is 1. The molecule has 0 unspecified atom stereocenters. The van der Waals surface area contributed by atoms with Crippen LogP contribution < -0.4 is 5.32 Å². The molecule has 0 fully saturated rings. The van der Waals surface area contributed by atoms with Crippen LogP contribution in [0, 0.1) is 0 Å². The van der Waals surface area contributed by atoms with Crippen LogP contribution in [0.3, 0.4) is 0 Å². The lowest BCUT2D eigenvalue weighted by atomic mass is 10.0. The van der Waals surface area contributed by atoms with Crippen LogP contribution in [0.25, 0.3) is 0 Å². The van der Waals surface area contributed by atoms with Crippen LogP contribution in [0.2, 0.25) is 0 Å². The van der Waals surface area contributed by atoms with Crippen molar-refractivity contribution in [2.45, 2.75) is 32.3 Å². The number of furan rings is 1. The molecule has 6 heteroatoms. The van der Waals surface area contributed by atoms with E-state index in [1.54, 1.807) is 31.4 Å². The van der Waals surface area contributed by atoms with Gasteiger partial charge in [0.15, 0.2) is 5.60 Å². The van der Waals surface area contributed by atoms with E-state index in [1.807, 2.05) is 29.6 Å². The van der Waals surface area contributed by atoms with E-state index in [0.717, 1.165) is 10.6 Å². The lowest BCUT2D eigenvalue weighted by molar-refractivity contribution is -0.162. The van der Waals surface area contributed by atoms with Gasteiger partial charge in [-0.15, -0.1) is 11.3 Å². The first kappa shape index (κ1) is 16.3. The summed E-state index contributed by atoms with van der Waals surface area (Å²) in [6, 6.07) is 7.66. The first-order chi connectivity index (χ1) is 10.4. The van der Waals surface area contributed by atoms with E-state index in [4.69, 9.17) is 9.15 Å². The number of thiophene rings is 1. The summed E-state index contributed by atoms with van der Waals surface area (Å²) >= 11 is 1.60. The minimum absolute atomic E-state index is 0.0629. The highest BCUT2D eigenvalue weighted by molar-refractivity contribution is 7.10. The molecule has 0 aliphatic carbocycles. The number of carbonyl (C=O) groups excluding carboxylic acids is 2. The molecule has 1 atom stereocenters. The van der Waals surface area contributed by atoms with Gasteiger partial charge in [0.1, 0.15) is 5.76 Å². The zero-order valence-corrected chi connectivity index (χ0v) is 13.6. The molecule has 0 bridgehead atoms. The van der Waals surface area contributed by atoms with Crippen molar-refractivity contribution in [3.05, 3.63) is 46.5 Å². The van der Waals surface area contributed by atoms with Gasteiger partial charge in [-0.3, -0.25) is 9.59 Å². The summed E-state index contributed by atoms with van der Waals surface area (Å²) in [5.74, 6) is -0.100. The Morgan fingerprint density at radius 1 is 1.36 bits per heavy atom. The van der Waals surface area contributed by atoms with Crippen LogP contribution in [0.4, 0.5) is 0 Å². The number of hydrogen-bond donors (Lipinski definition) is 1. The van der Waals surface area contributed by atoms with Gasteiger partial charge in [0.2, 0.25) is 0 Å². The molecule has 118 valence electrons. The fourth-order valence-electron chi connectivity index (χ4n) is 2.13. The van der Waals surface area contributed by atoms with Gasteiger partial charge < -0.3 is 14.5 Å². The zero-order valence-electron chi connectivity index (χ0n) is 12.8. The molecule has 2 rings (SSSR count). The van der Waals surface area contributed by atoms with Crippen molar-refractivity contribution in [3.8, 4) is 0 Å². The highest BCUT2D eigenvalue weighted by atomic mass is 32.1. The van der Waals surface area contributed by atoms with Crippen LogP contribution >= 0.6 is 11.3 Å². The van der Waals surface area contributed by atoms with E-state index in [9.17, 15) is 9.59 Å². The summed E-state index contributed by atoms with van der Waals surface area (Å²) in [4.78, 5) is 24.4. The third-order valence-corrected chi connectivity index (χ3v) is 4.17. The molecule has 0 aliphatic rings. The van der Waals surface area contributed by atoms with Crippen molar-refractivity contribution in [1.82, 2.24) is 5.32 Å². The van der Waals surface area contributed by atoms with E-state index >= 15 is 0 Å². The predicted octanol–water partition coefficient (Wildman–Crippen LogP) is 2.93. The highest BCUT2D eigenvalue weighted by Crippen LogP contribution is 2.28. The summed E-state index contributed by atoms with van der Waals surface area (Å²) in [5.41, 5.74) is -1.20. The number of esters is 1. The smallest absolute Gasteiger partial charge is 0.303 e. The third-order valence-electron chi connectivity index (χ3n) is 3.19. The molecule has 0 aromatic carbocycles. The van der Waals surface area contributed by atoms with Gasteiger partial charge in [-0.05, 0) is 37.4 Å². The zero-order chi connectivity index (χ0) is 16.2. The van der Waals surface area contributed by atoms with Crippen molar-refractivity contribution < 1.29 is 18.7 Å². The van der Waals surface area contributed by atoms with Crippen LogP contribution in [0.1, 0.15) is 37.3 Å². The van der Waals surface area contributed by atoms with Gasteiger partial charge in [0.25, 0.3) is 5.91 Å². The average molecular weight is 321 g/mol. The number of ether oxygens (including phenoxy) is 1. The number of nitrogens with one attached hydrogen (secondary N) is 1. The van der Waals surface area contributed by atoms with E-state index in [2.05, 4.69) is 5.32 Å². The van der Waals surface area contributed by atoms with E-state index in [1.165, 1.54) is 6.92 Å². The topological polar surface area (TPSA) is 68.5 Å². The Hall–Kier alpha value is -2.08. The summed E-state index contributed by atoms with van der Waals surface area (Å²) < 4.78 is 10.5. The van der Waals surface area contributed by atoms with E-state index in [-0.39, 0.29) is 11.8 Å². The number of carbonyl (C=O) groups is 2. The second-order valence-corrected chi connectivity index (χ2v) is 6.38. The Morgan fingerprint density at radius 3 is 2.68 bits per heavy atom. The maximum absolute atomic E-state index is 12.2. The molecule has 0 saturated heterocycles. The monoisotopic (exact) mass is 321 g/mol. The second kappa shape index (κ2) is 6.79. The molecule has 0 aliphatic heterocycles. The number of rotatable bonds is 6. The van der Waals surface area contributed by atoms with Crippen molar-refractivity contribution in [2.24, 2.45) is 0 Å². The molecule has 0 radical (unpaired) electrons. The van der Waals surface area contributed by atoms with E-state index < -0.39 is 11.6 Å². The molecule has 1 amide bonds. The summed E-state index contributed by atoms with van der Waals surface area (Å²) in [5, 5.41) is 4.82. The minimum Gasteiger partial charge on any atom is -0.469 e. The lowest BCUT2D eigenvalue weighted by Gasteiger charge is -2.24. The maximum Gasteiger partial charge on any atom is 0.303 e. The van der Waals surface area contributed by atoms with Crippen molar-refractivity contribution in [1.29, 1.82) is 0 Å². The molecule has 0 spiro atoms. The molecule has 2 heterocycles. The molecular formula is C16H19NO4S. The van der Waals surface area contributed by atoms with Crippen LogP contribution in [-0.4, -0.2) is 24.0 Å². The third kappa shape index (κ3) is 3.98.